The highest BCUT2D eigenvalue weighted by molar-refractivity contribution is 8.19. The molecule has 1 atom stereocenters. The van der Waals surface area contributed by atoms with Crippen LogP contribution in [-0.4, -0.2) is 29.5 Å². The summed E-state index contributed by atoms with van der Waals surface area (Å²) in [5, 5.41) is 2.68. The average molecular weight is 406 g/mol. The van der Waals surface area contributed by atoms with Gasteiger partial charge in [-0.05, 0) is 42.3 Å². The maximum atomic E-state index is 12.9. The molecule has 4 nitrogen and oxygen atoms in total. The normalized spacial score (nSPS) is 15.3. The Balaban J connectivity index is 1.50. The zero-order valence-electron chi connectivity index (χ0n) is 14.8. The predicted octanol–water partition coefficient (Wildman–Crippen LogP) is 4.17. The number of thioether (sulfide) groups is 2. The van der Waals surface area contributed by atoms with Gasteiger partial charge in [0, 0.05) is 18.1 Å². The minimum Gasteiger partial charge on any atom is -0.449 e. The molecule has 0 bridgehead atoms. The highest BCUT2D eigenvalue weighted by atomic mass is 32.2. The Morgan fingerprint density at radius 3 is 2.37 bits per heavy atom. The summed E-state index contributed by atoms with van der Waals surface area (Å²) < 4.78 is 18.6. The molecule has 1 aliphatic heterocycles. The lowest BCUT2D eigenvalue weighted by Crippen LogP contribution is -2.35. The van der Waals surface area contributed by atoms with Gasteiger partial charge >= 0.3 is 5.97 Å². The summed E-state index contributed by atoms with van der Waals surface area (Å²) in [6, 6.07) is 13.2. The van der Waals surface area contributed by atoms with E-state index < -0.39 is 18.0 Å². The van der Waals surface area contributed by atoms with Crippen molar-refractivity contribution in [1.82, 2.24) is 5.32 Å². The van der Waals surface area contributed by atoms with Crippen LogP contribution in [0.15, 0.2) is 48.5 Å². The van der Waals surface area contributed by atoms with E-state index in [2.05, 4.69) is 5.32 Å². The van der Waals surface area contributed by atoms with Gasteiger partial charge in [0.25, 0.3) is 5.91 Å². The van der Waals surface area contributed by atoms with Crippen molar-refractivity contribution in [2.24, 2.45) is 0 Å². The number of carbonyl (C=O) groups excluding carboxylic acids is 2. The van der Waals surface area contributed by atoms with Crippen LogP contribution >= 0.6 is 23.5 Å². The van der Waals surface area contributed by atoms with Gasteiger partial charge in [0.1, 0.15) is 5.82 Å². The molecule has 2 aromatic rings. The molecule has 0 aromatic heterocycles. The SMILES string of the molecule is C[C@H](OC(=O)c1ccc(C2SCCS2)cc1)C(=O)NCc1ccc(F)cc1. The number of benzene rings is 2. The number of carbonyl (C=O) groups is 2. The fourth-order valence-corrected chi connectivity index (χ4v) is 5.40. The molecule has 1 aliphatic rings. The minimum atomic E-state index is -0.918. The van der Waals surface area contributed by atoms with Crippen molar-refractivity contribution in [1.29, 1.82) is 0 Å². The van der Waals surface area contributed by atoms with Crippen LogP contribution in [-0.2, 0) is 16.1 Å². The molecule has 0 unspecified atom stereocenters. The average Bonchev–Trinajstić information content (AvgIpc) is 3.22. The summed E-state index contributed by atoms with van der Waals surface area (Å²) in [5.41, 5.74) is 2.37. The third-order valence-electron chi connectivity index (χ3n) is 4.07. The Labute approximate surface area is 166 Å². The number of hydrogen-bond acceptors (Lipinski definition) is 5. The standard InChI is InChI=1S/C20H20FNO3S2/c1-13(18(23)22-12-14-2-8-17(21)9-3-14)25-19(24)15-4-6-16(7-5-15)20-26-10-11-27-20/h2-9,13,20H,10-12H2,1H3,(H,22,23)/t13-/m0/s1. The first-order valence-electron chi connectivity index (χ1n) is 8.59. The molecule has 7 heteroatoms. The molecule has 0 spiro atoms. The van der Waals surface area contributed by atoms with Crippen LogP contribution in [0.5, 0.6) is 0 Å². The van der Waals surface area contributed by atoms with E-state index in [9.17, 15) is 14.0 Å². The highest BCUT2D eigenvalue weighted by Gasteiger charge is 2.21. The first kappa shape index (κ1) is 19.8. The van der Waals surface area contributed by atoms with Crippen molar-refractivity contribution in [3.05, 3.63) is 71.0 Å². The van der Waals surface area contributed by atoms with Crippen LogP contribution in [0.1, 0.15) is 33.0 Å². The Bertz CT molecular complexity index is 790. The molecule has 1 N–H and O–H groups in total. The molecule has 27 heavy (non-hydrogen) atoms. The number of ether oxygens (including phenoxy) is 1. The van der Waals surface area contributed by atoms with E-state index in [1.807, 2.05) is 35.7 Å². The summed E-state index contributed by atoms with van der Waals surface area (Å²) in [7, 11) is 0. The number of nitrogens with one attached hydrogen (secondary N) is 1. The van der Waals surface area contributed by atoms with Crippen LogP contribution in [0.2, 0.25) is 0 Å². The van der Waals surface area contributed by atoms with Crippen molar-refractivity contribution in [3.8, 4) is 0 Å². The van der Waals surface area contributed by atoms with E-state index in [1.165, 1.54) is 24.6 Å². The van der Waals surface area contributed by atoms with Crippen molar-refractivity contribution < 1.29 is 18.7 Å². The fraction of sp³-hybridized carbons (Fsp3) is 0.300. The number of halogens is 1. The van der Waals surface area contributed by atoms with E-state index in [4.69, 9.17) is 4.74 Å². The molecule has 1 fully saturated rings. The predicted molar refractivity (Wildman–Crippen MR) is 107 cm³/mol. The van der Waals surface area contributed by atoms with Gasteiger partial charge in [-0.25, -0.2) is 9.18 Å². The van der Waals surface area contributed by atoms with Crippen LogP contribution in [0.25, 0.3) is 0 Å². The summed E-state index contributed by atoms with van der Waals surface area (Å²) in [4.78, 5) is 24.4. The van der Waals surface area contributed by atoms with Gasteiger partial charge in [-0.15, -0.1) is 23.5 Å². The summed E-state index contributed by atoms with van der Waals surface area (Å²) in [6.45, 7) is 1.77. The Morgan fingerprint density at radius 2 is 1.74 bits per heavy atom. The van der Waals surface area contributed by atoms with E-state index in [1.54, 1.807) is 24.3 Å². The van der Waals surface area contributed by atoms with Crippen LogP contribution in [0.4, 0.5) is 4.39 Å². The summed E-state index contributed by atoms with van der Waals surface area (Å²) in [6.07, 6.45) is -0.918. The molecular formula is C20H20FNO3S2. The van der Waals surface area contributed by atoms with Crippen LogP contribution in [0, 0.1) is 5.82 Å². The first-order chi connectivity index (χ1) is 13.0. The number of esters is 1. The van der Waals surface area contributed by atoms with Crippen molar-refractivity contribution >= 4 is 35.4 Å². The number of rotatable bonds is 6. The lowest BCUT2D eigenvalue weighted by molar-refractivity contribution is -0.129. The minimum absolute atomic E-state index is 0.242. The van der Waals surface area contributed by atoms with Gasteiger partial charge in [-0.2, -0.15) is 0 Å². The first-order valence-corrected chi connectivity index (χ1v) is 10.7. The van der Waals surface area contributed by atoms with Crippen molar-refractivity contribution in [2.75, 3.05) is 11.5 Å². The number of hydrogen-bond donors (Lipinski definition) is 1. The summed E-state index contributed by atoms with van der Waals surface area (Å²) in [5.74, 6) is 1.03. The molecule has 2 aromatic carbocycles. The molecule has 1 saturated heterocycles. The van der Waals surface area contributed by atoms with Crippen LogP contribution in [0.3, 0.4) is 0 Å². The third kappa shape index (κ3) is 5.49. The molecule has 0 radical (unpaired) electrons. The second kappa shape index (κ2) is 9.28. The maximum Gasteiger partial charge on any atom is 0.338 e. The smallest absolute Gasteiger partial charge is 0.338 e. The van der Waals surface area contributed by atoms with E-state index in [0.29, 0.717) is 10.1 Å². The zero-order chi connectivity index (χ0) is 19.2. The van der Waals surface area contributed by atoms with Gasteiger partial charge in [-0.3, -0.25) is 4.79 Å². The zero-order valence-corrected chi connectivity index (χ0v) is 16.4. The van der Waals surface area contributed by atoms with Gasteiger partial charge < -0.3 is 10.1 Å². The molecule has 142 valence electrons. The fourth-order valence-electron chi connectivity index (χ4n) is 2.54. The Morgan fingerprint density at radius 1 is 1.11 bits per heavy atom. The number of amides is 1. The second-order valence-corrected chi connectivity index (χ2v) is 8.81. The largest absolute Gasteiger partial charge is 0.449 e. The van der Waals surface area contributed by atoms with E-state index in [-0.39, 0.29) is 12.4 Å². The van der Waals surface area contributed by atoms with E-state index in [0.717, 1.165) is 17.1 Å². The van der Waals surface area contributed by atoms with Crippen molar-refractivity contribution in [3.63, 3.8) is 0 Å². The highest BCUT2D eigenvalue weighted by Crippen LogP contribution is 2.45. The lowest BCUT2D eigenvalue weighted by atomic mass is 10.1. The monoisotopic (exact) mass is 405 g/mol. The van der Waals surface area contributed by atoms with E-state index >= 15 is 0 Å². The summed E-state index contributed by atoms with van der Waals surface area (Å²) >= 11 is 3.80. The maximum absolute atomic E-state index is 12.9. The molecule has 3 rings (SSSR count). The molecule has 0 aliphatic carbocycles. The Kier molecular flexibility index (Phi) is 6.79. The van der Waals surface area contributed by atoms with Gasteiger partial charge in [0.2, 0.25) is 0 Å². The second-order valence-electron chi connectivity index (χ2n) is 6.09. The van der Waals surface area contributed by atoms with Crippen molar-refractivity contribution in [2.45, 2.75) is 24.2 Å². The van der Waals surface area contributed by atoms with Gasteiger partial charge in [0.05, 0.1) is 10.1 Å². The molecular weight excluding hydrogens is 385 g/mol. The quantitative estimate of drug-likeness (QED) is 0.731. The topological polar surface area (TPSA) is 55.4 Å². The van der Waals surface area contributed by atoms with Gasteiger partial charge in [-0.1, -0.05) is 24.3 Å². The molecule has 1 heterocycles. The molecule has 1 amide bonds. The Hall–Kier alpha value is -1.99. The lowest BCUT2D eigenvalue weighted by Gasteiger charge is -2.14. The van der Waals surface area contributed by atoms with Crippen LogP contribution < -0.4 is 5.32 Å². The van der Waals surface area contributed by atoms with Gasteiger partial charge in [0.15, 0.2) is 6.10 Å². The molecule has 0 saturated carbocycles. The third-order valence-corrected chi connectivity index (χ3v) is 7.18.